The molecule has 2 aliphatic rings. The monoisotopic (exact) mass is 483 g/mol. The van der Waals surface area contributed by atoms with Crippen LogP contribution in [-0.4, -0.2) is 51.3 Å². The van der Waals surface area contributed by atoms with Crippen LogP contribution >= 0.6 is 0 Å². The molecule has 6 nitrogen and oxygen atoms in total. The number of nitrogens with zero attached hydrogens (tertiary/aromatic N) is 1. The molecule has 35 heavy (non-hydrogen) atoms. The molecule has 1 fully saturated rings. The number of likely N-dealkylation sites (tertiary alicyclic amines) is 1. The van der Waals surface area contributed by atoms with E-state index in [0.29, 0.717) is 32.2 Å². The van der Waals surface area contributed by atoms with Crippen molar-refractivity contribution in [2.45, 2.75) is 72.3 Å². The molecule has 1 saturated heterocycles. The van der Waals surface area contributed by atoms with Gasteiger partial charge in [0.25, 0.3) is 0 Å². The molecule has 1 aromatic rings. The lowest BCUT2D eigenvalue weighted by atomic mass is 9.66. The highest BCUT2D eigenvalue weighted by atomic mass is 16.3. The van der Waals surface area contributed by atoms with Crippen molar-refractivity contribution in [3.63, 3.8) is 0 Å². The maximum Gasteiger partial charge on any atom is 0.233 e. The van der Waals surface area contributed by atoms with Crippen LogP contribution in [0.3, 0.4) is 0 Å². The Labute approximate surface area is 209 Å². The highest BCUT2D eigenvalue weighted by Crippen LogP contribution is 2.48. The van der Waals surface area contributed by atoms with E-state index in [4.69, 9.17) is 0 Å². The van der Waals surface area contributed by atoms with Gasteiger partial charge in [0.15, 0.2) is 0 Å². The van der Waals surface area contributed by atoms with Crippen LogP contribution in [0.4, 0.5) is 0 Å². The minimum atomic E-state index is -0.793. The molecule has 1 aliphatic heterocycles. The first-order valence-corrected chi connectivity index (χ1v) is 13.1. The van der Waals surface area contributed by atoms with Crippen molar-refractivity contribution < 1.29 is 24.9 Å². The average molecular weight is 484 g/mol. The van der Waals surface area contributed by atoms with E-state index in [-0.39, 0.29) is 30.1 Å². The van der Waals surface area contributed by atoms with E-state index in [2.05, 4.69) is 13.0 Å². The third-order valence-electron chi connectivity index (χ3n) is 7.46. The molecule has 1 aromatic carbocycles. The molecule has 4 atom stereocenters. The second kappa shape index (κ2) is 12.0. The van der Waals surface area contributed by atoms with Crippen molar-refractivity contribution in [1.82, 2.24) is 4.90 Å². The summed E-state index contributed by atoms with van der Waals surface area (Å²) >= 11 is 0. The van der Waals surface area contributed by atoms with Gasteiger partial charge in [-0.25, -0.2) is 0 Å². The summed E-state index contributed by atoms with van der Waals surface area (Å²) in [6.07, 6.45) is 5.43. The van der Waals surface area contributed by atoms with Crippen molar-refractivity contribution >= 4 is 17.9 Å². The molecule has 6 heteroatoms. The molecule has 0 radical (unpaired) electrons. The number of allylic oxidation sites excluding steroid dienone is 2. The molecule has 1 heterocycles. The summed E-state index contributed by atoms with van der Waals surface area (Å²) in [5, 5.41) is 31.6. The van der Waals surface area contributed by atoms with E-state index in [1.54, 1.807) is 12.1 Å². The Balaban J connectivity index is 1.87. The molecule has 0 unspecified atom stereocenters. The highest BCUT2D eigenvalue weighted by molar-refractivity contribution is 6.05. The predicted octanol–water partition coefficient (Wildman–Crippen LogP) is 4.69. The van der Waals surface area contributed by atoms with E-state index >= 15 is 0 Å². The van der Waals surface area contributed by atoms with Gasteiger partial charge in [-0.15, -0.1) is 0 Å². The number of hydrogen-bond donors (Lipinski definition) is 3. The minimum Gasteiger partial charge on any atom is -0.508 e. The van der Waals surface area contributed by atoms with Crippen LogP contribution in [0.25, 0.3) is 6.08 Å². The molecule has 0 bridgehead atoms. The van der Waals surface area contributed by atoms with E-state index in [9.17, 15) is 24.9 Å². The van der Waals surface area contributed by atoms with Gasteiger partial charge in [-0.1, -0.05) is 63.5 Å². The Morgan fingerprint density at radius 1 is 1.14 bits per heavy atom. The zero-order chi connectivity index (χ0) is 25.7. The van der Waals surface area contributed by atoms with Crippen LogP contribution < -0.4 is 0 Å². The van der Waals surface area contributed by atoms with Crippen LogP contribution in [0.1, 0.15) is 71.8 Å². The number of carbonyl (C=O) groups is 2. The summed E-state index contributed by atoms with van der Waals surface area (Å²) in [6.45, 7) is 8.29. The van der Waals surface area contributed by atoms with E-state index in [1.807, 2.05) is 32.9 Å². The van der Waals surface area contributed by atoms with Crippen molar-refractivity contribution in [3.8, 4) is 5.75 Å². The van der Waals surface area contributed by atoms with Crippen LogP contribution in [-0.2, 0) is 9.59 Å². The van der Waals surface area contributed by atoms with Gasteiger partial charge in [0.2, 0.25) is 11.8 Å². The smallest absolute Gasteiger partial charge is 0.233 e. The largest absolute Gasteiger partial charge is 0.508 e. The lowest BCUT2D eigenvalue weighted by Crippen LogP contribution is -2.40. The number of benzene rings is 1. The fourth-order valence-electron chi connectivity index (χ4n) is 5.87. The van der Waals surface area contributed by atoms with Gasteiger partial charge in [0.1, 0.15) is 5.75 Å². The van der Waals surface area contributed by atoms with Gasteiger partial charge in [0.05, 0.1) is 24.5 Å². The summed E-state index contributed by atoms with van der Waals surface area (Å²) in [5.74, 6) is -1.59. The first-order valence-electron chi connectivity index (χ1n) is 13.1. The van der Waals surface area contributed by atoms with Gasteiger partial charge in [-0.05, 0) is 61.3 Å². The predicted molar refractivity (Wildman–Crippen MR) is 137 cm³/mol. The average Bonchev–Trinajstić information content (AvgIpc) is 3.06. The zero-order valence-corrected chi connectivity index (χ0v) is 21.5. The second-order valence-corrected chi connectivity index (χ2v) is 10.3. The van der Waals surface area contributed by atoms with Crippen LogP contribution in [0, 0.1) is 23.7 Å². The molecule has 0 spiro atoms. The SMILES string of the molecule is CCC/C(=C\c1cccc(O)c1)CC[C@@H](O)C1=C(C(C)C)C[C@H]2C(=O)N(CCC)C(=O)[C@H]2[C@H]1CO. The lowest BCUT2D eigenvalue weighted by molar-refractivity contribution is -0.140. The lowest BCUT2D eigenvalue weighted by Gasteiger charge is -2.38. The van der Waals surface area contributed by atoms with Crippen molar-refractivity contribution in [1.29, 1.82) is 0 Å². The molecule has 0 aromatic heterocycles. The summed E-state index contributed by atoms with van der Waals surface area (Å²) in [4.78, 5) is 27.6. The molecule has 0 saturated carbocycles. The van der Waals surface area contributed by atoms with Crippen LogP contribution in [0.5, 0.6) is 5.75 Å². The van der Waals surface area contributed by atoms with E-state index in [1.165, 1.54) is 10.5 Å². The number of amides is 2. The Morgan fingerprint density at radius 3 is 2.49 bits per heavy atom. The summed E-state index contributed by atoms with van der Waals surface area (Å²) in [5.41, 5.74) is 3.87. The number of imide groups is 1. The Bertz CT molecular complexity index is 979. The Hall–Kier alpha value is -2.44. The number of phenolic OH excluding ortho intramolecular Hbond substituents is 1. The Kier molecular flexibility index (Phi) is 9.31. The minimum absolute atomic E-state index is 0.107. The van der Waals surface area contributed by atoms with Gasteiger partial charge in [0, 0.05) is 12.5 Å². The summed E-state index contributed by atoms with van der Waals surface area (Å²) in [7, 11) is 0. The number of aromatic hydroxyl groups is 1. The molecule has 1 aliphatic carbocycles. The quantitative estimate of drug-likeness (QED) is 0.313. The number of phenols is 1. The maximum atomic E-state index is 13.2. The summed E-state index contributed by atoms with van der Waals surface area (Å²) in [6, 6.07) is 7.12. The third-order valence-corrected chi connectivity index (χ3v) is 7.46. The fraction of sp³-hybridized carbons (Fsp3) is 0.586. The number of hydrogen-bond acceptors (Lipinski definition) is 5. The van der Waals surface area contributed by atoms with Gasteiger partial charge in [-0.2, -0.15) is 0 Å². The van der Waals surface area contributed by atoms with Crippen molar-refractivity contribution in [2.75, 3.05) is 13.2 Å². The highest BCUT2D eigenvalue weighted by Gasteiger charge is 2.54. The van der Waals surface area contributed by atoms with E-state index < -0.39 is 23.9 Å². The van der Waals surface area contributed by atoms with Gasteiger partial charge >= 0.3 is 0 Å². The molecular weight excluding hydrogens is 442 g/mol. The fourth-order valence-corrected chi connectivity index (χ4v) is 5.87. The van der Waals surface area contributed by atoms with Crippen LogP contribution in [0.15, 0.2) is 41.0 Å². The first-order chi connectivity index (χ1) is 16.7. The van der Waals surface area contributed by atoms with Crippen LogP contribution in [0.2, 0.25) is 0 Å². The van der Waals surface area contributed by atoms with Crippen molar-refractivity contribution in [2.24, 2.45) is 23.7 Å². The van der Waals surface area contributed by atoms with E-state index in [0.717, 1.165) is 29.6 Å². The molecule has 2 amide bonds. The van der Waals surface area contributed by atoms with Gasteiger partial charge < -0.3 is 15.3 Å². The number of carbonyl (C=O) groups excluding carboxylic acids is 2. The second-order valence-electron chi connectivity index (χ2n) is 10.3. The number of fused-ring (bicyclic) bond motifs is 1. The zero-order valence-electron chi connectivity index (χ0n) is 21.5. The maximum absolute atomic E-state index is 13.2. The Morgan fingerprint density at radius 2 is 1.89 bits per heavy atom. The molecule has 3 N–H and O–H groups in total. The topological polar surface area (TPSA) is 98.1 Å². The number of aliphatic hydroxyl groups is 2. The van der Waals surface area contributed by atoms with Crippen molar-refractivity contribution in [3.05, 3.63) is 46.5 Å². The molecule has 3 rings (SSSR count). The normalized spacial score (nSPS) is 23.9. The summed E-state index contributed by atoms with van der Waals surface area (Å²) < 4.78 is 0. The molecule has 192 valence electrons. The van der Waals surface area contributed by atoms with Gasteiger partial charge in [-0.3, -0.25) is 14.5 Å². The first kappa shape index (κ1) is 27.2. The number of rotatable bonds is 11. The standard InChI is InChI=1S/C29H41NO5/c1-5-8-19(14-20-9-7-10-21(32)15-20)11-12-25(33)26-22(18(3)4)16-23-27(24(26)17-31)29(35)30(13-6-2)28(23)34/h7,9-10,14-15,18,23-25,27,31-33H,5-6,8,11-13,16-17H2,1-4H3/b19-14+/t23-,24+,25-,27-/m1/s1. The molecular formula is C29H41NO5. The third kappa shape index (κ3) is 5.87. The number of aliphatic hydroxyl groups excluding tert-OH is 2.